The van der Waals surface area contributed by atoms with Crippen molar-refractivity contribution >= 4 is 5.97 Å². The number of hydrogen-bond donors (Lipinski definition) is 4. The van der Waals surface area contributed by atoms with Gasteiger partial charge in [0.05, 0.1) is 6.61 Å². The summed E-state index contributed by atoms with van der Waals surface area (Å²) in [5.74, 6) is -1.23. The number of aliphatic hydroxyl groups excluding tert-OH is 2. The molecule has 16 heavy (non-hydrogen) atoms. The lowest BCUT2D eigenvalue weighted by Crippen LogP contribution is -2.10. The number of rotatable bonds is 4. The van der Waals surface area contributed by atoms with Crippen LogP contribution in [0.3, 0.4) is 0 Å². The van der Waals surface area contributed by atoms with E-state index in [9.17, 15) is 4.79 Å². The van der Waals surface area contributed by atoms with Gasteiger partial charge in [0.15, 0.2) is 6.10 Å². The summed E-state index contributed by atoms with van der Waals surface area (Å²) in [5, 5.41) is 28.2. The highest BCUT2D eigenvalue weighted by molar-refractivity contribution is 5.73. The molecular formula is C11H17NO4. The normalized spacial score (nSPS) is 11.2. The van der Waals surface area contributed by atoms with E-state index in [0.717, 1.165) is 0 Å². The molecule has 0 bridgehead atoms. The molecule has 0 aliphatic heterocycles. The van der Waals surface area contributed by atoms with Crippen LogP contribution in [0.25, 0.3) is 0 Å². The Morgan fingerprint density at radius 1 is 1.38 bits per heavy atom. The number of aliphatic carboxylic acids is 1. The first-order valence-corrected chi connectivity index (χ1v) is 4.84. The van der Waals surface area contributed by atoms with Gasteiger partial charge in [-0.2, -0.15) is 0 Å². The maximum Gasteiger partial charge on any atom is 0.337 e. The van der Waals surface area contributed by atoms with Crippen molar-refractivity contribution in [3.8, 4) is 0 Å². The predicted octanol–water partition coefficient (Wildman–Crippen LogP) is 0.00270. The van der Waals surface area contributed by atoms with E-state index in [1.54, 1.807) is 37.4 Å². The highest BCUT2D eigenvalue weighted by atomic mass is 16.4. The van der Waals surface area contributed by atoms with Crippen molar-refractivity contribution in [2.24, 2.45) is 0 Å². The molecule has 1 aromatic carbocycles. The van der Waals surface area contributed by atoms with Gasteiger partial charge in [-0.1, -0.05) is 30.3 Å². The molecule has 5 nitrogen and oxygen atoms in total. The van der Waals surface area contributed by atoms with Gasteiger partial charge in [0, 0.05) is 6.54 Å². The zero-order chi connectivity index (χ0) is 12.4. The summed E-state index contributed by atoms with van der Waals surface area (Å²) in [6.45, 7) is 0.927. The van der Waals surface area contributed by atoms with Gasteiger partial charge in [0.1, 0.15) is 0 Å². The van der Waals surface area contributed by atoms with Gasteiger partial charge >= 0.3 is 5.97 Å². The first-order valence-electron chi connectivity index (χ1n) is 4.84. The standard InChI is InChI=1S/C8H8O3.C3H9NO/c9-7(8(10)11)6-4-2-1-3-5-6;1-4-2-3-5/h1-5,7,9H,(H,10,11);4-5H,2-3H2,1H3. The number of carbonyl (C=O) groups is 1. The number of likely N-dealkylation sites (N-methyl/N-ethyl adjacent to an activating group) is 1. The molecule has 0 spiro atoms. The summed E-state index contributed by atoms with van der Waals surface area (Å²) < 4.78 is 0. The number of benzene rings is 1. The molecule has 0 radical (unpaired) electrons. The quantitative estimate of drug-likeness (QED) is 0.581. The predicted molar refractivity (Wildman–Crippen MR) is 60.1 cm³/mol. The summed E-state index contributed by atoms with van der Waals surface area (Å²) in [4.78, 5) is 10.2. The minimum absolute atomic E-state index is 0.233. The van der Waals surface area contributed by atoms with E-state index in [2.05, 4.69) is 5.32 Å². The Hall–Kier alpha value is -1.43. The van der Waals surface area contributed by atoms with Gasteiger partial charge in [0.2, 0.25) is 0 Å². The smallest absolute Gasteiger partial charge is 0.337 e. The number of aliphatic hydroxyl groups is 2. The van der Waals surface area contributed by atoms with Gasteiger partial charge < -0.3 is 20.6 Å². The zero-order valence-corrected chi connectivity index (χ0v) is 9.13. The van der Waals surface area contributed by atoms with Gasteiger partial charge in [-0.25, -0.2) is 4.79 Å². The molecule has 0 aliphatic carbocycles. The van der Waals surface area contributed by atoms with Crippen LogP contribution in [-0.2, 0) is 4.79 Å². The lowest BCUT2D eigenvalue weighted by molar-refractivity contribution is -0.146. The number of carboxylic acids is 1. The lowest BCUT2D eigenvalue weighted by atomic mass is 10.1. The molecule has 4 N–H and O–H groups in total. The second-order valence-corrected chi connectivity index (χ2v) is 2.98. The van der Waals surface area contributed by atoms with Crippen LogP contribution in [-0.4, -0.2) is 41.5 Å². The van der Waals surface area contributed by atoms with E-state index in [0.29, 0.717) is 12.1 Å². The van der Waals surface area contributed by atoms with Crippen molar-refractivity contribution in [1.29, 1.82) is 0 Å². The molecule has 0 fully saturated rings. The third-order valence-electron chi connectivity index (χ3n) is 1.71. The molecule has 0 aliphatic rings. The Morgan fingerprint density at radius 3 is 2.25 bits per heavy atom. The molecule has 1 unspecified atom stereocenters. The fourth-order valence-electron chi connectivity index (χ4n) is 0.890. The number of nitrogens with one attached hydrogen (secondary N) is 1. The summed E-state index contributed by atoms with van der Waals surface area (Å²) in [6.07, 6.45) is -1.41. The highest BCUT2D eigenvalue weighted by Crippen LogP contribution is 2.10. The lowest BCUT2D eigenvalue weighted by Gasteiger charge is -2.03. The molecule has 1 atom stereocenters. The van der Waals surface area contributed by atoms with Crippen molar-refractivity contribution in [3.05, 3.63) is 35.9 Å². The van der Waals surface area contributed by atoms with Crippen molar-refractivity contribution in [2.75, 3.05) is 20.2 Å². The summed E-state index contributed by atoms with van der Waals surface area (Å²) in [7, 11) is 1.80. The molecule has 90 valence electrons. The van der Waals surface area contributed by atoms with E-state index in [4.69, 9.17) is 15.3 Å². The largest absolute Gasteiger partial charge is 0.479 e. The fraction of sp³-hybridized carbons (Fsp3) is 0.364. The van der Waals surface area contributed by atoms with Crippen LogP contribution in [0.5, 0.6) is 0 Å². The molecule has 5 heteroatoms. The Balaban J connectivity index is 0.000000385. The van der Waals surface area contributed by atoms with Crippen molar-refractivity contribution in [1.82, 2.24) is 5.32 Å². The summed E-state index contributed by atoms with van der Waals surface area (Å²) in [5.41, 5.74) is 0.403. The number of carboxylic acid groups (broad SMARTS) is 1. The van der Waals surface area contributed by atoms with Crippen LogP contribution >= 0.6 is 0 Å². The van der Waals surface area contributed by atoms with Crippen LogP contribution in [0.2, 0.25) is 0 Å². The molecule has 0 heterocycles. The zero-order valence-electron chi connectivity index (χ0n) is 9.13. The SMILES string of the molecule is CNCCO.O=C(O)C(O)c1ccccc1. The van der Waals surface area contributed by atoms with Crippen LogP contribution in [0.15, 0.2) is 30.3 Å². The van der Waals surface area contributed by atoms with E-state index >= 15 is 0 Å². The molecule has 0 saturated heterocycles. The minimum Gasteiger partial charge on any atom is -0.479 e. The molecular weight excluding hydrogens is 210 g/mol. The van der Waals surface area contributed by atoms with E-state index < -0.39 is 12.1 Å². The molecule has 0 aromatic heterocycles. The van der Waals surface area contributed by atoms with Gasteiger partial charge in [-0.3, -0.25) is 0 Å². The third kappa shape index (κ3) is 6.13. The average molecular weight is 227 g/mol. The van der Waals surface area contributed by atoms with Crippen LogP contribution in [0, 0.1) is 0 Å². The van der Waals surface area contributed by atoms with Crippen molar-refractivity contribution in [2.45, 2.75) is 6.10 Å². The highest BCUT2D eigenvalue weighted by Gasteiger charge is 2.14. The second-order valence-electron chi connectivity index (χ2n) is 2.98. The summed E-state index contributed by atoms with van der Waals surface area (Å²) >= 11 is 0. The molecule has 1 rings (SSSR count). The number of hydrogen-bond acceptors (Lipinski definition) is 4. The second kappa shape index (κ2) is 8.84. The van der Waals surface area contributed by atoms with E-state index in [1.165, 1.54) is 0 Å². The van der Waals surface area contributed by atoms with Crippen LogP contribution in [0.4, 0.5) is 0 Å². The Morgan fingerprint density at radius 2 is 1.94 bits per heavy atom. The first-order chi connectivity index (χ1) is 7.63. The van der Waals surface area contributed by atoms with Crippen LogP contribution in [0.1, 0.15) is 11.7 Å². The van der Waals surface area contributed by atoms with E-state index in [1.807, 2.05) is 0 Å². The van der Waals surface area contributed by atoms with Gasteiger partial charge in [-0.15, -0.1) is 0 Å². The van der Waals surface area contributed by atoms with Crippen LogP contribution < -0.4 is 5.32 Å². The monoisotopic (exact) mass is 227 g/mol. The fourth-order valence-corrected chi connectivity index (χ4v) is 0.890. The first kappa shape index (κ1) is 14.6. The van der Waals surface area contributed by atoms with Gasteiger partial charge in [0.25, 0.3) is 0 Å². The molecule has 1 aromatic rings. The summed E-state index contributed by atoms with van der Waals surface area (Å²) in [6, 6.07) is 8.26. The maximum atomic E-state index is 10.2. The maximum absolute atomic E-state index is 10.2. The topological polar surface area (TPSA) is 89.8 Å². The van der Waals surface area contributed by atoms with Gasteiger partial charge in [-0.05, 0) is 12.6 Å². The molecule has 0 saturated carbocycles. The Bertz CT molecular complexity index is 287. The Kier molecular flexibility index (Phi) is 8.05. The third-order valence-corrected chi connectivity index (χ3v) is 1.71. The minimum atomic E-state index is -1.41. The van der Waals surface area contributed by atoms with Crippen molar-refractivity contribution < 1.29 is 20.1 Å². The average Bonchev–Trinajstić information content (AvgIpc) is 2.31. The van der Waals surface area contributed by atoms with E-state index in [-0.39, 0.29) is 6.61 Å². The van der Waals surface area contributed by atoms with Crippen molar-refractivity contribution in [3.63, 3.8) is 0 Å². The molecule has 0 amide bonds. The Labute approximate surface area is 94.4 Å².